The van der Waals surface area contributed by atoms with Crippen molar-refractivity contribution in [3.63, 3.8) is 0 Å². The first-order valence-corrected chi connectivity index (χ1v) is 5.55. The van der Waals surface area contributed by atoms with Crippen molar-refractivity contribution in [2.45, 2.75) is 13.5 Å². The Labute approximate surface area is 101 Å². The predicted octanol–water partition coefficient (Wildman–Crippen LogP) is 3.50. The number of nitrogens with zero attached hydrogens (tertiary/aromatic N) is 1. The smallest absolute Gasteiger partial charge is 0.169 e. The first-order chi connectivity index (χ1) is 7.65. The van der Waals surface area contributed by atoms with Crippen molar-refractivity contribution in [2.24, 2.45) is 0 Å². The van der Waals surface area contributed by atoms with E-state index in [1.165, 1.54) is 12.1 Å². The summed E-state index contributed by atoms with van der Waals surface area (Å²) in [7, 11) is 0. The van der Waals surface area contributed by atoms with E-state index in [0.717, 1.165) is 15.8 Å². The van der Waals surface area contributed by atoms with Gasteiger partial charge in [0.15, 0.2) is 5.82 Å². The molecule has 5 heteroatoms. The van der Waals surface area contributed by atoms with Crippen LogP contribution in [0.15, 0.2) is 33.3 Å². The lowest BCUT2D eigenvalue weighted by molar-refractivity contribution is 0.399. The van der Waals surface area contributed by atoms with Crippen LogP contribution >= 0.6 is 15.9 Å². The van der Waals surface area contributed by atoms with Crippen LogP contribution in [-0.4, -0.2) is 5.16 Å². The first kappa shape index (κ1) is 11.1. The molecule has 0 aliphatic carbocycles. The molecular formula is C11H10BrFN2O. The first-order valence-electron chi connectivity index (χ1n) is 4.76. The molecule has 0 unspecified atom stereocenters. The molecule has 0 radical (unpaired) electrons. The minimum absolute atomic E-state index is 0.257. The van der Waals surface area contributed by atoms with E-state index in [1.54, 1.807) is 12.1 Å². The zero-order valence-corrected chi connectivity index (χ0v) is 10.2. The largest absolute Gasteiger partial charge is 0.363 e. The monoisotopic (exact) mass is 284 g/mol. The van der Waals surface area contributed by atoms with E-state index >= 15 is 0 Å². The lowest BCUT2D eigenvalue weighted by Gasteiger charge is -2.05. The maximum absolute atomic E-state index is 12.8. The third kappa shape index (κ3) is 2.61. The number of nitrogens with one attached hydrogen (secondary N) is 1. The van der Waals surface area contributed by atoms with Gasteiger partial charge in [-0.1, -0.05) is 27.2 Å². The van der Waals surface area contributed by atoms with Gasteiger partial charge in [-0.05, 0) is 24.6 Å². The predicted molar refractivity (Wildman–Crippen MR) is 62.7 cm³/mol. The maximum Gasteiger partial charge on any atom is 0.169 e. The minimum atomic E-state index is -0.257. The average molecular weight is 285 g/mol. The highest BCUT2D eigenvalue weighted by atomic mass is 79.9. The fraction of sp³-hybridized carbons (Fsp3) is 0.182. The number of halogens is 2. The Hall–Kier alpha value is -1.36. The lowest BCUT2D eigenvalue weighted by Crippen LogP contribution is -2.00. The van der Waals surface area contributed by atoms with Crippen molar-refractivity contribution in [1.29, 1.82) is 0 Å². The van der Waals surface area contributed by atoms with Crippen molar-refractivity contribution in [2.75, 3.05) is 5.32 Å². The molecule has 3 nitrogen and oxygen atoms in total. The molecule has 1 aromatic carbocycles. The van der Waals surface area contributed by atoms with Gasteiger partial charge in [-0.3, -0.25) is 0 Å². The van der Waals surface area contributed by atoms with Gasteiger partial charge in [0.2, 0.25) is 0 Å². The summed E-state index contributed by atoms with van der Waals surface area (Å²) in [4.78, 5) is 0. The molecule has 84 valence electrons. The van der Waals surface area contributed by atoms with Crippen LogP contribution < -0.4 is 5.32 Å². The van der Waals surface area contributed by atoms with Crippen LogP contribution in [0.4, 0.5) is 10.2 Å². The summed E-state index contributed by atoms with van der Waals surface area (Å²) in [6.45, 7) is 2.39. The number of anilines is 1. The van der Waals surface area contributed by atoms with Crippen LogP contribution in [0, 0.1) is 12.7 Å². The maximum atomic E-state index is 12.8. The van der Waals surface area contributed by atoms with Crippen molar-refractivity contribution in [1.82, 2.24) is 5.16 Å². The van der Waals surface area contributed by atoms with Gasteiger partial charge >= 0.3 is 0 Å². The zero-order valence-electron chi connectivity index (χ0n) is 8.63. The molecule has 0 atom stereocenters. The van der Waals surface area contributed by atoms with Crippen LogP contribution in [0.25, 0.3) is 0 Å². The summed E-state index contributed by atoms with van der Waals surface area (Å²) in [6, 6.07) is 6.39. The standard InChI is InChI=1S/C11H10BrFN2O/c1-7-4-11(15-16-7)14-6-8-2-3-9(13)5-10(8)12/h2-5H,6H2,1H3,(H,14,15). The molecule has 1 N–H and O–H groups in total. The summed E-state index contributed by atoms with van der Waals surface area (Å²) in [5.74, 6) is 1.17. The second-order valence-electron chi connectivity index (χ2n) is 3.41. The van der Waals surface area contributed by atoms with E-state index in [1.807, 2.05) is 6.92 Å². The molecule has 0 bridgehead atoms. The van der Waals surface area contributed by atoms with Crippen LogP contribution in [0.1, 0.15) is 11.3 Å². The number of aryl methyl sites for hydroxylation is 1. The summed E-state index contributed by atoms with van der Waals surface area (Å²) in [5.41, 5.74) is 0.960. The van der Waals surface area contributed by atoms with Gasteiger partial charge in [-0.25, -0.2) is 4.39 Å². The van der Waals surface area contributed by atoms with E-state index in [4.69, 9.17) is 4.52 Å². The van der Waals surface area contributed by atoms with Crippen molar-refractivity contribution < 1.29 is 8.91 Å². The summed E-state index contributed by atoms with van der Waals surface area (Å²) in [6.07, 6.45) is 0. The third-order valence-corrected chi connectivity index (χ3v) is 2.84. The Morgan fingerprint density at radius 1 is 1.44 bits per heavy atom. The van der Waals surface area contributed by atoms with Gasteiger partial charge in [0.1, 0.15) is 11.6 Å². The Morgan fingerprint density at radius 2 is 2.25 bits per heavy atom. The van der Waals surface area contributed by atoms with Crippen molar-refractivity contribution in [3.05, 3.63) is 45.9 Å². The highest BCUT2D eigenvalue weighted by Gasteiger charge is 2.03. The fourth-order valence-corrected chi connectivity index (χ4v) is 1.79. The number of rotatable bonds is 3. The molecule has 0 saturated carbocycles. The molecule has 1 heterocycles. The molecule has 0 aliphatic heterocycles. The molecular weight excluding hydrogens is 275 g/mol. The number of hydrogen-bond donors (Lipinski definition) is 1. The molecule has 0 spiro atoms. The molecule has 2 aromatic rings. The lowest BCUT2D eigenvalue weighted by atomic mass is 10.2. The minimum Gasteiger partial charge on any atom is -0.363 e. The molecule has 0 fully saturated rings. The van der Waals surface area contributed by atoms with Crippen LogP contribution in [0.5, 0.6) is 0 Å². The van der Waals surface area contributed by atoms with Gasteiger partial charge in [0, 0.05) is 17.1 Å². The van der Waals surface area contributed by atoms with Crippen LogP contribution in [0.3, 0.4) is 0 Å². The van der Waals surface area contributed by atoms with Crippen molar-refractivity contribution >= 4 is 21.7 Å². The highest BCUT2D eigenvalue weighted by molar-refractivity contribution is 9.10. The third-order valence-electron chi connectivity index (χ3n) is 2.10. The van der Waals surface area contributed by atoms with E-state index in [2.05, 4.69) is 26.4 Å². The Morgan fingerprint density at radius 3 is 2.88 bits per heavy atom. The van der Waals surface area contributed by atoms with Gasteiger partial charge < -0.3 is 9.84 Å². The summed E-state index contributed by atoms with van der Waals surface area (Å²) in [5, 5.41) is 6.89. The van der Waals surface area contributed by atoms with E-state index < -0.39 is 0 Å². The molecule has 16 heavy (non-hydrogen) atoms. The van der Waals surface area contributed by atoms with Crippen LogP contribution in [0.2, 0.25) is 0 Å². The molecule has 0 aliphatic rings. The molecule has 2 rings (SSSR count). The zero-order chi connectivity index (χ0) is 11.5. The molecule has 0 amide bonds. The van der Waals surface area contributed by atoms with Crippen LogP contribution in [-0.2, 0) is 6.54 Å². The second kappa shape index (κ2) is 4.65. The topological polar surface area (TPSA) is 38.1 Å². The van der Waals surface area contributed by atoms with E-state index in [-0.39, 0.29) is 5.82 Å². The Balaban J connectivity index is 2.04. The average Bonchev–Trinajstić information content (AvgIpc) is 2.63. The van der Waals surface area contributed by atoms with Gasteiger partial charge in [0.25, 0.3) is 0 Å². The quantitative estimate of drug-likeness (QED) is 0.938. The Kier molecular flexibility index (Phi) is 3.24. The van der Waals surface area contributed by atoms with Gasteiger partial charge in [0.05, 0.1) is 0 Å². The summed E-state index contributed by atoms with van der Waals surface area (Å²) < 4.78 is 18.5. The fourth-order valence-electron chi connectivity index (χ4n) is 1.30. The molecule has 0 saturated heterocycles. The van der Waals surface area contributed by atoms with E-state index in [9.17, 15) is 4.39 Å². The van der Waals surface area contributed by atoms with Crippen molar-refractivity contribution in [3.8, 4) is 0 Å². The SMILES string of the molecule is Cc1cc(NCc2ccc(F)cc2Br)no1. The number of benzene rings is 1. The van der Waals surface area contributed by atoms with Gasteiger partial charge in [-0.2, -0.15) is 0 Å². The van der Waals surface area contributed by atoms with Gasteiger partial charge in [-0.15, -0.1) is 0 Å². The summed E-state index contributed by atoms with van der Waals surface area (Å²) >= 11 is 3.30. The number of hydrogen-bond acceptors (Lipinski definition) is 3. The van der Waals surface area contributed by atoms with E-state index in [0.29, 0.717) is 12.4 Å². The second-order valence-corrected chi connectivity index (χ2v) is 4.27. The highest BCUT2D eigenvalue weighted by Crippen LogP contribution is 2.19. The Bertz CT molecular complexity index is 498. The number of aromatic nitrogens is 1. The molecule has 1 aromatic heterocycles. The normalized spacial score (nSPS) is 10.4.